The molecule has 1 N–H and O–H groups in total. The van der Waals surface area contributed by atoms with E-state index in [0.717, 1.165) is 16.1 Å². The molecule has 0 aliphatic heterocycles. The largest absolute Gasteiger partial charge is 0.495 e. The molecule has 2 aromatic carbocycles. The van der Waals surface area contributed by atoms with Gasteiger partial charge >= 0.3 is 0 Å². The molecule has 0 radical (unpaired) electrons. The number of halogens is 1. The number of ether oxygens (including phenoxy) is 1. The Hall–Kier alpha value is -2.76. The summed E-state index contributed by atoms with van der Waals surface area (Å²) in [6.07, 6.45) is 1.52. The fraction of sp³-hybridized carbons (Fsp3) is 0.300. The molecule has 0 fully saturated rings. The summed E-state index contributed by atoms with van der Waals surface area (Å²) in [5.74, 6) is -0.208. The Labute approximate surface area is 175 Å². The summed E-state index contributed by atoms with van der Waals surface area (Å²) in [6.45, 7) is 1.72. The van der Waals surface area contributed by atoms with Gasteiger partial charge in [-0.1, -0.05) is 30.7 Å². The van der Waals surface area contributed by atoms with Crippen LogP contribution in [0.25, 0.3) is 0 Å². The zero-order valence-electron chi connectivity index (χ0n) is 16.3. The standard InChI is InChI=1S/C20H22ClN3O4S/c1-4-17(20(25)23-16-8-5-14(6-9-16)11-12-22)24(29(3,26)27)18-13-15(21)7-10-19(18)28-2/h5-10,13,17H,4,11H2,1-3H3,(H,23,25)/t17-/m1/s1. The molecule has 0 unspecified atom stereocenters. The number of nitriles is 1. The number of nitrogens with zero attached hydrogens (tertiary/aromatic N) is 2. The summed E-state index contributed by atoms with van der Waals surface area (Å²) in [5, 5.41) is 11.8. The lowest BCUT2D eigenvalue weighted by molar-refractivity contribution is -0.117. The van der Waals surface area contributed by atoms with Crippen LogP contribution < -0.4 is 14.4 Å². The summed E-state index contributed by atoms with van der Waals surface area (Å²) in [5.41, 5.74) is 1.51. The highest BCUT2D eigenvalue weighted by atomic mass is 35.5. The molecule has 29 heavy (non-hydrogen) atoms. The van der Waals surface area contributed by atoms with Crippen LogP contribution in [0, 0.1) is 11.3 Å². The summed E-state index contributed by atoms with van der Waals surface area (Å²) in [6, 6.07) is 12.4. The number of benzene rings is 2. The van der Waals surface area contributed by atoms with E-state index in [1.807, 2.05) is 0 Å². The SMILES string of the molecule is CC[C@H](C(=O)Nc1ccc(CC#N)cc1)N(c1cc(Cl)ccc1OC)S(C)(=O)=O. The van der Waals surface area contributed by atoms with E-state index in [1.165, 1.54) is 13.2 Å². The number of carbonyl (C=O) groups excluding carboxylic acids is 1. The average molecular weight is 436 g/mol. The molecule has 0 bridgehead atoms. The molecule has 0 spiro atoms. The minimum atomic E-state index is -3.83. The highest BCUT2D eigenvalue weighted by Gasteiger charge is 2.33. The van der Waals surface area contributed by atoms with Gasteiger partial charge in [-0.2, -0.15) is 5.26 Å². The Kier molecular flexibility index (Phi) is 7.48. The van der Waals surface area contributed by atoms with Gasteiger partial charge in [0.05, 0.1) is 31.5 Å². The predicted octanol–water partition coefficient (Wildman–Crippen LogP) is 3.60. The van der Waals surface area contributed by atoms with Crippen LogP contribution in [0.3, 0.4) is 0 Å². The summed E-state index contributed by atoms with van der Waals surface area (Å²) in [7, 11) is -2.42. The number of hydrogen-bond acceptors (Lipinski definition) is 5. The van der Waals surface area contributed by atoms with Crippen LogP contribution in [-0.2, 0) is 21.2 Å². The van der Waals surface area contributed by atoms with Crippen LogP contribution in [0.4, 0.5) is 11.4 Å². The van der Waals surface area contributed by atoms with Crippen molar-refractivity contribution in [1.29, 1.82) is 5.26 Å². The lowest BCUT2D eigenvalue weighted by atomic mass is 10.1. The van der Waals surface area contributed by atoms with Crippen molar-refractivity contribution < 1.29 is 17.9 Å². The van der Waals surface area contributed by atoms with Gasteiger partial charge in [0, 0.05) is 10.7 Å². The Bertz CT molecular complexity index is 1020. The minimum absolute atomic E-state index is 0.189. The Morgan fingerprint density at radius 3 is 2.45 bits per heavy atom. The monoisotopic (exact) mass is 435 g/mol. The van der Waals surface area contributed by atoms with Gasteiger partial charge in [0.25, 0.3) is 0 Å². The van der Waals surface area contributed by atoms with Crippen LogP contribution in [-0.4, -0.2) is 33.7 Å². The molecular weight excluding hydrogens is 414 g/mol. The van der Waals surface area contributed by atoms with Gasteiger partial charge in [-0.05, 0) is 42.3 Å². The van der Waals surface area contributed by atoms with Gasteiger partial charge < -0.3 is 10.1 Å². The van der Waals surface area contributed by atoms with E-state index in [4.69, 9.17) is 21.6 Å². The van der Waals surface area contributed by atoms with Gasteiger partial charge in [-0.25, -0.2) is 8.42 Å². The Morgan fingerprint density at radius 1 is 1.28 bits per heavy atom. The minimum Gasteiger partial charge on any atom is -0.495 e. The van der Waals surface area contributed by atoms with E-state index in [0.29, 0.717) is 10.7 Å². The summed E-state index contributed by atoms with van der Waals surface area (Å²) >= 11 is 6.07. The van der Waals surface area contributed by atoms with Crippen molar-refractivity contribution in [1.82, 2.24) is 0 Å². The highest BCUT2D eigenvalue weighted by molar-refractivity contribution is 7.92. The fourth-order valence-corrected chi connectivity index (χ4v) is 4.27. The maximum atomic E-state index is 13.0. The van der Waals surface area contributed by atoms with E-state index in [9.17, 15) is 13.2 Å². The van der Waals surface area contributed by atoms with Crippen molar-refractivity contribution >= 4 is 38.9 Å². The molecule has 0 aliphatic carbocycles. The number of hydrogen-bond donors (Lipinski definition) is 1. The van der Waals surface area contributed by atoms with Gasteiger partial charge in [0.15, 0.2) is 0 Å². The molecule has 154 valence electrons. The lowest BCUT2D eigenvalue weighted by Crippen LogP contribution is -2.47. The molecule has 0 saturated heterocycles. The van der Waals surface area contributed by atoms with Crippen LogP contribution in [0.15, 0.2) is 42.5 Å². The number of amides is 1. The third kappa shape index (κ3) is 5.62. The first-order chi connectivity index (χ1) is 13.7. The van der Waals surface area contributed by atoms with E-state index >= 15 is 0 Å². The molecule has 2 rings (SSSR count). The van der Waals surface area contributed by atoms with Crippen LogP contribution in [0.1, 0.15) is 18.9 Å². The van der Waals surface area contributed by atoms with Crippen LogP contribution >= 0.6 is 11.6 Å². The van der Waals surface area contributed by atoms with Crippen molar-refractivity contribution in [2.45, 2.75) is 25.8 Å². The van der Waals surface area contributed by atoms with Crippen LogP contribution in [0.5, 0.6) is 5.75 Å². The summed E-state index contributed by atoms with van der Waals surface area (Å²) < 4.78 is 31.5. The topological polar surface area (TPSA) is 99.5 Å². The smallest absolute Gasteiger partial charge is 0.248 e. The second-order valence-electron chi connectivity index (χ2n) is 6.32. The predicted molar refractivity (Wildman–Crippen MR) is 114 cm³/mol. The van der Waals surface area contributed by atoms with Crippen LogP contribution in [0.2, 0.25) is 5.02 Å². The summed E-state index contributed by atoms with van der Waals surface area (Å²) in [4.78, 5) is 13.0. The molecule has 0 saturated carbocycles. The number of methoxy groups -OCH3 is 1. The van der Waals surface area contributed by atoms with Crippen molar-refractivity contribution in [2.24, 2.45) is 0 Å². The second-order valence-corrected chi connectivity index (χ2v) is 8.62. The number of rotatable bonds is 8. The first-order valence-corrected chi connectivity index (χ1v) is 11.0. The molecule has 1 atom stereocenters. The van der Waals surface area contributed by atoms with Gasteiger partial charge in [-0.15, -0.1) is 0 Å². The van der Waals surface area contributed by atoms with Crippen molar-refractivity contribution in [3.05, 3.63) is 53.1 Å². The molecule has 0 aliphatic rings. The zero-order valence-corrected chi connectivity index (χ0v) is 17.9. The number of carbonyl (C=O) groups is 1. The number of anilines is 2. The third-order valence-electron chi connectivity index (χ3n) is 4.21. The second kappa shape index (κ2) is 9.63. The maximum absolute atomic E-state index is 13.0. The van der Waals surface area contributed by atoms with E-state index in [1.54, 1.807) is 43.3 Å². The molecular formula is C20H22ClN3O4S. The van der Waals surface area contributed by atoms with Gasteiger partial charge in [-0.3, -0.25) is 9.10 Å². The number of nitrogens with one attached hydrogen (secondary N) is 1. The van der Waals surface area contributed by atoms with Crippen molar-refractivity contribution in [3.63, 3.8) is 0 Å². The molecule has 2 aromatic rings. The molecule has 1 amide bonds. The fourth-order valence-electron chi connectivity index (χ4n) is 2.89. The molecule has 0 aromatic heterocycles. The average Bonchev–Trinajstić information content (AvgIpc) is 2.66. The van der Waals surface area contributed by atoms with Gasteiger partial charge in [0.1, 0.15) is 11.8 Å². The first-order valence-electron chi connectivity index (χ1n) is 8.81. The molecule has 0 heterocycles. The Balaban J connectivity index is 2.40. The van der Waals surface area contributed by atoms with Crippen molar-refractivity contribution in [3.8, 4) is 11.8 Å². The van der Waals surface area contributed by atoms with Crippen molar-refractivity contribution in [2.75, 3.05) is 23.0 Å². The Morgan fingerprint density at radius 2 is 1.93 bits per heavy atom. The van der Waals surface area contributed by atoms with Gasteiger partial charge in [0.2, 0.25) is 15.9 Å². The van der Waals surface area contributed by atoms with E-state index in [2.05, 4.69) is 11.4 Å². The zero-order chi connectivity index (χ0) is 21.6. The quantitative estimate of drug-likeness (QED) is 0.682. The highest BCUT2D eigenvalue weighted by Crippen LogP contribution is 2.35. The lowest BCUT2D eigenvalue weighted by Gasteiger charge is -2.31. The van der Waals surface area contributed by atoms with E-state index in [-0.39, 0.29) is 24.3 Å². The van der Waals surface area contributed by atoms with E-state index < -0.39 is 22.0 Å². The third-order valence-corrected chi connectivity index (χ3v) is 5.61. The molecule has 9 heteroatoms. The normalized spacial score (nSPS) is 12.0. The first kappa shape index (κ1) is 22.5. The molecule has 7 nitrogen and oxygen atoms in total. The number of sulfonamides is 1. The maximum Gasteiger partial charge on any atom is 0.248 e.